The van der Waals surface area contributed by atoms with Crippen LogP contribution in [-0.2, 0) is 0 Å². The smallest absolute Gasteiger partial charge is 0.275 e. The molecule has 0 saturated heterocycles. The van der Waals surface area contributed by atoms with Crippen LogP contribution in [0.2, 0.25) is 5.02 Å². The lowest BCUT2D eigenvalue weighted by Crippen LogP contribution is -2.15. The Bertz CT molecular complexity index is 865. The molecule has 6 heteroatoms. The highest BCUT2D eigenvalue weighted by Crippen LogP contribution is 2.16. The number of hydrogen-bond donors (Lipinski definition) is 2. The fourth-order valence-electron chi connectivity index (χ4n) is 2.13. The molecule has 5 nitrogen and oxygen atoms in total. The number of carbonyl (C=O) groups is 1. The molecule has 0 unspecified atom stereocenters. The lowest BCUT2D eigenvalue weighted by atomic mass is 10.2. The second kappa shape index (κ2) is 7.10. The van der Waals surface area contributed by atoms with Crippen LogP contribution >= 0.6 is 11.6 Å². The topological polar surface area (TPSA) is 66.9 Å². The number of aromatic nitrogens is 2. The summed E-state index contributed by atoms with van der Waals surface area (Å²) in [6.45, 7) is 2.02. The maximum absolute atomic E-state index is 12.3. The maximum atomic E-state index is 12.3. The van der Waals surface area contributed by atoms with Crippen LogP contribution in [0.3, 0.4) is 0 Å². The maximum Gasteiger partial charge on any atom is 0.275 e. The Morgan fingerprint density at radius 1 is 1.04 bits per heavy atom. The van der Waals surface area contributed by atoms with Crippen molar-refractivity contribution in [3.05, 3.63) is 77.1 Å². The second-order valence-electron chi connectivity index (χ2n) is 5.22. The Balaban J connectivity index is 1.74. The molecule has 120 valence electrons. The van der Waals surface area contributed by atoms with E-state index in [2.05, 4.69) is 20.6 Å². The van der Waals surface area contributed by atoms with E-state index in [9.17, 15) is 4.79 Å². The number of hydrogen-bond acceptors (Lipinski definition) is 4. The highest BCUT2D eigenvalue weighted by Gasteiger charge is 2.09. The highest BCUT2D eigenvalue weighted by molar-refractivity contribution is 6.30. The van der Waals surface area contributed by atoms with Crippen molar-refractivity contribution in [3.63, 3.8) is 0 Å². The zero-order valence-electron chi connectivity index (χ0n) is 13.0. The third-order valence-electron chi connectivity index (χ3n) is 3.24. The van der Waals surface area contributed by atoms with Crippen molar-refractivity contribution in [2.24, 2.45) is 0 Å². The van der Waals surface area contributed by atoms with E-state index in [1.54, 1.807) is 30.3 Å². The number of carbonyl (C=O) groups excluding carboxylic acids is 1. The fourth-order valence-corrected chi connectivity index (χ4v) is 2.24. The lowest BCUT2D eigenvalue weighted by molar-refractivity contribution is 0.102. The first-order chi connectivity index (χ1) is 11.6. The van der Waals surface area contributed by atoms with Gasteiger partial charge in [-0.25, -0.2) is 9.97 Å². The number of nitrogens with one attached hydrogen (secondary N) is 2. The van der Waals surface area contributed by atoms with Crippen LogP contribution in [-0.4, -0.2) is 15.9 Å². The predicted molar refractivity (Wildman–Crippen MR) is 95.9 cm³/mol. The predicted octanol–water partition coefficient (Wildman–Crippen LogP) is 4.43. The van der Waals surface area contributed by atoms with Gasteiger partial charge in [0.2, 0.25) is 0 Å². The summed E-state index contributed by atoms with van der Waals surface area (Å²) < 4.78 is 0. The molecule has 0 bridgehead atoms. The van der Waals surface area contributed by atoms with Gasteiger partial charge >= 0.3 is 0 Å². The molecule has 3 rings (SSSR count). The van der Waals surface area contributed by atoms with Crippen LogP contribution in [0.25, 0.3) is 0 Å². The SMILES string of the molecule is Cc1cccc(Nc2cccc(C(=O)Nc3ccc(Cl)cn3)n2)c1. The third-order valence-corrected chi connectivity index (χ3v) is 3.46. The molecule has 0 fully saturated rings. The van der Waals surface area contributed by atoms with E-state index in [1.165, 1.54) is 6.20 Å². The van der Waals surface area contributed by atoms with Gasteiger partial charge in [-0.15, -0.1) is 0 Å². The summed E-state index contributed by atoms with van der Waals surface area (Å²) in [5.74, 6) is 0.679. The average molecular weight is 339 g/mol. The van der Waals surface area contributed by atoms with Crippen molar-refractivity contribution in [1.82, 2.24) is 9.97 Å². The van der Waals surface area contributed by atoms with Crippen molar-refractivity contribution >= 4 is 34.8 Å². The van der Waals surface area contributed by atoms with Gasteiger partial charge in [0, 0.05) is 11.9 Å². The van der Waals surface area contributed by atoms with E-state index in [0.717, 1.165) is 11.3 Å². The Hall–Kier alpha value is -2.92. The molecule has 2 aromatic heterocycles. The number of pyridine rings is 2. The Labute approximate surface area is 144 Å². The lowest BCUT2D eigenvalue weighted by Gasteiger charge is -2.08. The van der Waals surface area contributed by atoms with Gasteiger partial charge in [0.25, 0.3) is 5.91 Å². The molecule has 0 aliphatic heterocycles. The minimum Gasteiger partial charge on any atom is -0.340 e. The second-order valence-corrected chi connectivity index (χ2v) is 5.65. The van der Waals surface area contributed by atoms with Crippen LogP contribution in [0.1, 0.15) is 16.1 Å². The van der Waals surface area contributed by atoms with Crippen LogP contribution in [0.15, 0.2) is 60.8 Å². The summed E-state index contributed by atoms with van der Waals surface area (Å²) in [4.78, 5) is 20.7. The van der Waals surface area contributed by atoms with Crippen molar-refractivity contribution in [2.75, 3.05) is 10.6 Å². The zero-order valence-corrected chi connectivity index (χ0v) is 13.7. The molecule has 0 atom stereocenters. The molecule has 2 heterocycles. The normalized spacial score (nSPS) is 10.2. The fraction of sp³-hybridized carbons (Fsp3) is 0.0556. The van der Waals surface area contributed by atoms with Crippen molar-refractivity contribution in [2.45, 2.75) is 6.92 Å². The summed E-state index contributed by atoms with van der Waals surface area (Å²) in [5, 5.41) is 6.38. The van der Waals surface area contributed by atoms with E-state index < -0.39 is 0 Å². The van der Waals surface area contributed by atoms with Gasteiger partial charge in [0.05, 0.1) is 5.02 Å². The number of nitrogens with zero attached hydrogens (tertiary/aromatic N) is 2. The first kappa shape index (κ1) is 16.0. The molecule has 1 aromatic carbocycles. The molecule has 0 saturated carbocycles. The summed E-state index contributed by atoms with van der Waals surface area (Å²) in [6, 6.07) is 16.4. The number of aryl methyl sites for hydroxylation is 1. The number of halogens is 1. The van der Waals surface area contributed by atoms with Crippen molar-refractivity contribution < 1.29 is 4.79 Å². The van der Waals surface area contributed by atoms with Crippen LogP contribution in [0, 0.1) is 6.92 Å². The Morgan fingerprint density at radius 3 is 2.62 bits per heavy atom. The standard InChI is InChI=1S/C18H15ClN4O/c1-12-4-2-5-14(10-12)21-17-7-3-6-15(22-17)18(24)23-16-9-8-13(19)11-20-16/h2-11H,1H3,(H,21,22)(H,20,23,24). The molecule has 0 spiro atoms. The largest absolute Gasteiger partial charge is 0.340 e. The number of benzene rings is 1. The molecular formula is C18H15ClN4O. The van der Waals surface area contributed by atoms with E-state index in [-0.39, 0.29) is 5.91 Å². The number of rotatable bonds is 4. The van der Waals surface area contributed by atoms with Gasteiger partial charge < -0.3 is 10.6 Å². The number of anilines is 3. The Morgan fingerprint density at radius 2 is 1.88 bits per heavy atom. The third kappa shape index (κ3) is 4.08. The molecule has 1 amide bonds. The molecule has 24 heavy (non-hydrogen) atoms. The zero-order chi connectivity index (χ0) is 16.9. The number of amides is 1. The van der Waals surface area contributed by atoms with Gasteiger partial charge in [-0.3, -0.25) is 4.79 Å². The highest BCUT2D eigenvalue weighted by atomic mass is 35.5. The molecule has 0 radical (unpaired) electrons. The summed E-state index contributed by atoms with van der Waals surface area (Å²) in [5.41, 5.74) is 2.35. The molecule has 2 N–H and O–H groups in total. The van der Waals surface area contributed by atoms with E-state index >= 15 is 0 Å². The Kier molecular flexibility index (Phi) is 4.72. The van der Waals surface area contributed by atoms with Gasteiger partial charge in [-0.2, -0.15) is 0 Å². The van der Waals surface area contributed by atoms with Gasteiger partial charge in [-0.05, 0) is 48.9 Å². The first-order valence-electron chi connectivity index (χ1n) is 7.34. The van der Waals surface area contributed by atoms with Crippen LogP contribution in [0.4, 0.5) is 17.3 Å². The molecular weight excluding hydrogens is 324 g/mol. The average Bonchev–Trinajstić information content (AvgIpc) is 2.57. The molecule has 0 aliphatic rings. The van der Waals surface area contributed by atoms with Gasteiger partial charge in [0.15, 0.2) is 0 Å². The van der Waals surface area contributed by atoms with E-state index in [0.29, 0.717) is 22.4 Å². The summed E-state index contributed by atoms with van der Waals surface area (Å²) in [6.07, 6.45) is 1.47. The summed E-state index contributed by atoms with van der Waals surface area (Å²) >= 11 is 5.78. The van der Waals surface area contributed by atoms with E-state index in [1.807, 2.05) is 31.2 Å². The minimum atomic E-state index is -0.335. The quantitative estimate of drug-likeness (QED) is 0.738. The van der Waals surface area contributed by atoms with Crippen LogP contribution < -0.4 is 10.6 Å². The first-order valence-corrected chi connectivity index (χ1v) is 7.71. The van der Waals surface area contributed by atoms with Gasteiger partial charge in [0.1, 0.15) is 17.3 Å². The van der Waals surface area contributed by atoms with Gasteiger partial charge in [-0.1, -0.05) is 29.8 Å². The van der Waals surface area contributed by atoms with Crippen molar-refractivity contribution in [1.29, 1.82) is 0 Å². The summed E-state index contributed by atoms with van der Waals surface area (Å²) in [7, 11) is 0. The minimum absolute atomic E-state index is 0.296. The van der Waals surface area contributed by atoms with Crippen molar-refractivity contribution in [3.8, 4) is 0 Å². The van der Waals surface area contributed by atoms with Crippen LogP contribution in [0.5, 0.6) is 0 Å². The molecule has 3 aromatic rings. The monoisotopic (exact) mass is 338 g/mol. The van der Waals surface area contributed by atoms with E-state index in [4.69, 9.17) is 11.6 Å². The molecule has 0 aliphatic carbocycles.